The van der Waals surface area contributed by atoms with Crippen LogP contribution in [0, 0.1) is 12.7 Å². The quantitative estimate of drug-likeness (QED) is 0.868. The van der Waals surface area contributed by atoms with Crippen molar-refractivity contribution in [3.05, 3.63) is 47.5 Å². The minimum absolute atomic E-state index is 0.221. The number of amides is 2. The maximum Gasteiger partial charge on any atom is 0.409 e. The SMILES string of the molecule is CCOC(=O)N1CCN(C(=O)c2cc(C)nc(Nc3cccc(F)c3)n2)CC1. The molecule has 1 aromatic heterocycles. The summed E-state index contributed by atoms with van der Waals surface area (Å²) in [4.78, 5) is 36.4. The van der Waals surface area contributed by atoms with Crippen LogP contribution in [-0.4, -0.2) is 64.6 Å². The van der Waals surface area contributed by atoms with Crippen molar-refractivity contribution in [2.24, 2.45) is 0 Å². The normalized spacial score (nSPS) is 14.0. The highest BCUT2D eigenvalue weighted by Gasteiger charge is 2.26. The average Bonchev–Trinajstić information content (AvgIpc) is 2.67. The molecule has 1 saturated heterocycles. The average molecular weight is 387 g/mol. The van der Waals surface area contributed by atoms with Gasteiger partial charge in [-0.05, 0) is 38.1 Å². The van der Waals surface area contributed by atoms with Gasteiger partial charge in [-0.1, -0.05) is 6.07 Å². The molecule has 0 spiro atoms. The molecule has 28 heavy (non-hydrogen) atoms. The van der Waals surface area contributed by atoms with E-state index in [9.17, 15) is 14.0 Å². The second-order valence-corrected chi connectivity index (χ2v) is 6.33. The molecule has 0 bridgehead atoms. The van der Waals surface area contributed by atoms with Crippen LogP contribution in [0.15, 0.2) is 30.3 Å². The number of anilines is 2. The molecule has 8 nitrogen and oxygen atoms in total. The number of hydrogen-bond acceptors (Lipinski definition) is 6. The molecule has 0 atom stereocenters. The topological polar surface area (TPSA) is 87.7 Å². The Bertz CT molecular complexity index is 868. The standard InChI is InChI=1S/C19H22FN5O3/c1-3-28-19(27)25-9-7-24(8-10-25)17(26)16-11-13(2)21-18(23-16)22-15-6-4-5-14(20)12-15/h4-6,11-12H,3,7-10H2,1-2H3,(H,21,22,23). The number of hydrogen-bond donors (Lipinski definition) is 1. The minimum atomic E-state index is -0.381. The fraction of sp³-hybridized carbons (Fsp3) is 0.368. The van der Waals surface area contributed by atoms with E-state index in [-0.39, 0.29) is 29.5 Å². The van der Waals surface area contributed by atoms with E-state index in [0.717, 1.165) is 0 Å². The lowest BCUT2D eigenvalue weighted by Crippen LogP contribution is -2.50. The smallest absolute Gasteiger partial charge is 0.409 e. The van der Waals surface area contributed by atoms with Crippen molar-refractivity contribution in [3.63, 3.8) is 0 Å². The molecule has 0 aliphatic carbocycles. The van der Waals surface area contributed by atoms with E-state index < -0.39 is 0 Å². The highest BCUT2D eigenvalue weighted by atomic mass is 19.1. The van der Waals surface area contributed by atoms with Crippen LogP contribution in [0.5, 0.6) is 0 Å². The molecule has 3 rings (SSSR count). The van der Waals surface area contributed by atoms with E-state index in [0.29, 0.717) is 44.2 Å². The molecule has 1 aromatic carbocycles. The fourth-order valence-electron chi connectivity index (χ4n) is 2.90. The highest BCUT2D eigenvalue weighted by molar-refractivity contribution is 5.93. The van der Waals surface area contributed by atoms with Gasteiger partial charge in [-0.2, -0.15) is 0 Å². The number of aryl methyl sites for hydroxylation is 1. The first-order valence-corrected chi connectivity index (χ1v) is 9.05. The number of nitrogens with zero attached hydrogens (tertiary/aromatic N) is 4. The van der Waals surface area contributed by atoms with E-state index >= 15 is 0 Å². The lowest BCUT2D eigenvalue weighted by atomic mass is 10.2. The van der Waals surface area contributed by atoms with Crippen molar-refractivity contribution in [2.75, 3.05) is 38.1 Å². The predicted octanol–water partition coefficient (Wildman–Crippen LogP) is 2.58. The van der Waals surface area contributed by atoms with Crippen LogP contribution in [0.1, 0.15) is 23.1 Å². The fourth-order valence-corrected chi connectivity index (χ4v) is 2.90. The van der Waals surface area contributed by atoms with E-state index in [4.69, 9.17) is 4.74 Å². The first kappa shape index (κ1) is 19.5. The van der Waals surface area contributed by atoms with Crippen LogP contribution >= 0.6 is 0 Å². The summed E-state index contributed by atoms with van der Waals surface area (Å²) < 4.78 is 18.3. The zero-order chi connectivity index (χ0) is 20.1. The molecule has 0 radical (unpaired) electrons. The van der Waals surface area contributed by atoms with Gasteiger partial charge >= 0.3 is 6.09 Å². The third kappa shape index (κ3) is 4.73. The predicted molar refractivity (Wildman–Crippen MR) is 101 cm³/mol. The largest absolute Gasteiger partial charge is 0.450 e. The molecule has 2 heterocycles. The van der Waals surface area contributed by atoms with E-state index in [1.165, 1.54) is 12.1 Å². The second-order valence-electron chi connectivity index (χ2n) is 6.33. The Morgan fingerprint density at radius 3 is 2.54 bits per heavy atom. The van der Waals surface area contributed by atoms with Crippen LogP contribution in [0.25, 0.3) is 0 Å². The zero-order valence-corrected chi connectivity index (χ0v) is 15.8. The summed E-state index contributed by atoms with van der Waals surface area (Å²) in [7, 11) is 0. The summed E-state index contributed by atoms with van der Waals surface area (Å²) in [5.74, 6) is -0.399. The van der Waals surface area contributed by atoms with Crippen molar-refractivity contribution in [1.82, 2.24) is 19.8 Å². The van der Waals surface area contributed by atoms with Gasteiger partial charge in [-0.25, -0.2) is 19.2 Å². The number of rotatable bonds is 4. The molecule has 2 amide bonds. The summed E-state index contributed by atoms with van der Waals surface area (Å²) in [5.41, 5.74) is 1.35. The Morgan fingerprint density at radius 1 is 1.14 bits per heavy atom. The number of nitrogens with one attached hydrogen (secondary N) is 1. The van der Waals surface area contributed by atoms with Crippen molar-refractivity contribution in [2.45, 2.75) is 13.8 Å². The van der Waals surface area contributed by atoms with Gasteiger partial charge in [-0.3, -0.25) is 4.79 Å². The van der Waals surface area contributed by atoms with Gasteiger partial charge < -0.3 is 19.9 Å². The van der Waals surface area contributed by atoms with Gasteiger partial charge in [0.15, 0.2) is 0 Å². The van der Waals surface area contributed by atoms with E-state index in [1.54, 1.807) is 41.8 Å². The third-order valence-corrected chi connectivity index (χ3v) is 4.25. The van der Waals surface area contributed by atoms with Gasteiger partial charge in [0.05, 0.1) is 6.61 Å². The Kier molecular flexibility index (Phi) is 6.03. The summed E-state index contributed by atoms with van der Waals surface area (Å²) in [6.07, 6.45) is -0.367. The number of ether oxygens (including phenoxy) is 1. The summed E-state index contributed by atoms with van der Waals surface area (Å²) >= 11 is 0. The number of benzene rings is 1. The summed E-state index contributed by atoms with van der Waals surface area (Å²) in [6, 6.07) is 7.53. The molecular weight excluding hydrogens is 365 g/mol. The number of carbonyl (C=O) groups is 2. The van der Waals surface area contributed by atoms with Crippen LogP contribution in [0.3, 0.4) is 0 Å². The molecular formula is C19H22FN5O3. The van der Waals surface area contributed by atoms with Crippen LogP contribution in [0.2, 0.25) is 0 Å². The monoisotopic (exact) mass is 387 g/mol. The van der Waals surface area contributed by atoms with E-state index in [1.807, 2.05) is 0 Å². The Morgan fingerprint density at radius 2 is 1.86 bits per heavy atom. The molecule has 0 unspecified atom stereocenters. The zero-order valence-electron chi connectivity index (χ0n) is 15.8. The minimum Gasteiger partial charge on any atom is -0.450 e. The third-order valence-electron chi connectivity index (χ3n) is 4.25. The molecule has 1 aliphatic heterocycles. The number of carbonyl (C=O) groups excluding carboxylic acids is 2. The maximum atomic E-state index is 13.4. The van der Waals surface area contributed by atoms with Gasteiger partial charge in [0.1, 0.15) is 11.5 Å². The number of aromatic nitrogens is 2. The van der Waals surface area contributed by atoms with Crippen LogP contribution in [-0.2, 0) is 4.74 Å². The first-order valence-electron chi connectivity index (χ1n) is 9.05. The second kappa shape index (κ2) is 8.64. The van der Waals surface area contributed by atoms with Crippen molar-refractivity contribution < 1.29 is 18.7 Å². The summed E-state index contributed by atoms with van der Waals surface area (Å²) in [6.45, 7) is 5.44. The van der Waals surface area contributed by atoms with Gasteiger partial charge in [0, 0.05) is 37.6 Å². The molecule has 9 heteroatoms. The maximum absolute atomic E-state index is 13.4. The lowest BCUT2D eigenvalue weighted by molar-refractivity contribution is 0.0566. The lowest BCUT2D eigenvalue weighted by Gasteiger charge is -2.33. The molecule has 0 saturated carbocycles. The van der Waals surface area contributed by atoms with Crippen molar-refractivity contribution in [3.8, 4) is 0 Å². The summed E-state index contributed by atoms with van der Waals surface area (Å²) in [5, 5.41) is 2.92. The van der Waals surface area contributed by atoms with Gasteiger partial charge in [-0.15, -0.1) is 0 Å². The molecule has 148 valence electrons. The Hall–Kier alpha value is -3.23. The van der Waals surface area contributed by atoms with Gasteiger partial charge in [0.25, 0.3) is 5.91 Å². The molecule has 1 N–H and O–H groups in total. The van der Waals surface area contributed by atoms with Crippen LogP contribution in [0.4, 0.5) is 20.8 Å². The van der Waals surface area contributed by atoms with Gasteiger partial charge in [0.2, 0.25) is 5.95 Å². The van der Waals surface area contributed by atoms with Crippen molar-refractivity contribution >= 4 is 23.6 Å². The molecule has 1 fully saturated rings. The highest BCUT2D eigenvalue weighted by Crippen LogP contribution is 2.16. The molecule has 2 aromatic rings. The van der Waals surface area contributed by atoms with E-state index in [2.05, 4.69) is 15.3 Å². The molecule has 1 aliphatic rings. The number of halogens is 1. The number of piperazine rings is 1. The van der Waals surface area contributed by atoms with Crippen LogP contribution < -0.4 is 5.32 Å². The van der Waals surface area contributed by atoms with Crippen molar-refractivity contribution in [1.29, 1.82) is 0 Å². The first-order chi connectivity index (χ1) is 13.5. The Balaban J connectivity index is 1.69. The Labute approximate surface area is 162 Å².